The summed E-state index contributed by atoms with van der Waals surface area (Å²) >= 11 is 0. The molecule has 13 heteroatoms. The van der Waals surface area contributed by atoms with E-state index in [9.17, 15) is 0 Å². The van der Waals surface area contributed by atoms with Crippen LogP contribution in [0.5, 0.6) is 0 Å². The Morgan fingerprint density at radius 2 is 0.215 bits per heavy atom. The van der Waals surface area contributed by atoms with Crippen molar-refractivity contribution in [1.29, 1.82) is 0 Å². The first-order valence-corrected chi connectivity index (χ1v) is 88.4. The van der Waals surface area contributed by atoms with Crippen LogP contribution in [-0.4, -0.2) is 93.4 Å². The van der Waals surface area contributed by atoms with Crippen LogP contribution in [0.25, 0.3) is 66.8 Å². The van der Waals surface area contributed by atoms with Gasteiger partial charge < -0.3 is 0 Å². The van der Waals surface area contributed by atoms with E-state index in [1.165, 1.54) is 66.8 Å². The minimum Gasteiger partial charge on any atom is -0.0753 e. The average molecular weight is 1620 g/mol. The van der Waals surface area contributed by atoms with Crippen molar-refractivity contribution >= 4 is 125 Å². The Morgan fingerprint density at radius 3 is 0.327 bits per heavy atom. The van der Waals surface area contributed by atoms with Crippen LogP contribution >= 0.6 is 0 Å². The third-order valence-corrected chi connectivity index (χ3v) is 356. The van der Waals surface area contributed by atoms with E-state index in [2.05, 4.69) is 472 Å². The van der Waals surface area contributed by atoms with E-state index in [-0.39, 0.29) is 0 Å². The topological polar surface area (TPSA) is 0 Å². The maximum atomic E-state index is 3.42. The van der Waals surface area contributed by atoms with E-state index in [0.717, 1.165) is 0 Å². The average Bonchev–Trinajstić information content (AvgIpc) is 0.642. The van der Waals surface area contributed by atoms with Gasteiger partial charge in [-0.1, -0.05) is 503 Å². The second kappa shape index (κ2) is 29.9. The van der Waals surface area contributed by atoms with Crippen molar-refractivity contribution in [3.63, 3.8) is 0 Å². The van der Waals surface area contributed by atoms with Crippen LogP contribution in [0, 0.1) is 0 Å². The zero-order valence-corrected chi connectivity index (χ0v) is 81.7. The molecule has 107 heavy (non-hydrogen) atoms. The summed E-state index contributed by atoms with van der Waals surface area (Å²) in [5, 5.41) is 10.2. The monoisotopic (exact) mass is 1610 g/mol. The lowest BCUT2D eigenvalue weighted by molar-refractivity contribution is 1.62. The molecule has 0 N–H and O–H groups in total. The maximum absolute atomic E-state index is 3.42. The molecule has 0 spiro atoms. The molecule has 0 nitrogen and oxygen atoms in total. The summed E-state index contributed by atoms with van der Waals surface area (Å²) < 4.78 is 0. The van der Waals surface area contributed by atoms with Gasteiger partial charge in [0.2, 0.25) is 0 Å². The van der Waals surface area contributed by atoms with E-state index in [1.54, 1.807) is 31.1 Å². The van der Waals surface area contributed by atoms with Crippen LogP contribution in [-0.2, 0) is 0 Å². The Labute approximate surface area is 657 Å². The van der Waals surface area contributed by atoms with Crippen molar-refractivity contribution in [2.75, 3.05) is 0 Å². The fraction of sp³-hybridized carbons (Fsp3) is 0.234. The lowest BCUT2D eigenvalue weighted by Gasteiger charge is -2.77. The lowest BCUT2D eigenvalue weighted by Crippen LogP contribution is -3.09. The summed E-state index contributed by atoms with van der Waals surface area (Å²) in [6.45, 7) is 57.9. The summed E-state index contributed by atoms with van der Waals surface area (Å²) in [7, 11) is -23.5. The minimum atomic E-state index is -2.87. The highest BCUT2D eigenvalue weighted by atomic mass is 30.4. The van der Waals surface area contributed by atoms with E-state index >= 15 is 0 Å². The Balaban J connectivity index is 1.22. The Bertz CT molecular complexity index is 4190. The molecule has 0 unspecified atom stereocenters. The van der Waals surface area contributed by atoms with Gasteiger partial charge in [0.05, 0.1) is 45.5 Å². The van der Waals surface area contributed by atoms with Gasteiger partial charge in [-0.05, 0) is 66.8 Å². The van der Waals surface area contributed by atoms with Gasteiger partial charge in [0.1, 0.15) is 0 Å². The Kier molecular flexibility index (Phi) is 22.4. The molecule has 0 fully saturated rings. The molecule has 12 aromatic carbocycles. The zero-order valence-electron chi connectivity index (χ0n) is 68.7. The molecule has 0 saturated heterocycles. The van der Waals surface area contributed by atoms with Crippen molar-refractivity contribution in [3.8, 4) is 66.8 Å². The lowest BCUT2D eigenvalue weighted by atomic mass is 10.1. The van der Waals surface area contributed by atoms with E-state index in [4.69, 9.17) is 0 Å². The largest absolute Gasteiger partial charge is 0.0753 e. The van der Waals surface area contributed by atoms with Gasteiger partial charge in [-0.3, -0.25) is 0 Å². The quantitative estimate of drug-likeness (QED) is 0.0529. The van der Waals surface area contributed by atoms with Crippen molar-refractivity contribution in [2.45, 2.75) is 144 Å². The molecule has 548 valence electrons. The first-order valence-electron chi connectivity index (χ1n) is 39.4. The molecule has 0 bridgehead atoms. The van der Waals surface area contributed by atoms with Crippen LogP contribution in [0.2, 0.25) is 144 Å². The van der Waals surface area contributed by atoms with E-state index in [0.29, 0.717) is 0 Å². The maximum Gasteiger partial charge on any atom is 0.0693 e. The van der Waals surface area contributed by atoms with Gasteiger partial charge >= 0.3 is 0 Å². The van der Waals surface area contributed by atoms with Gasteiger partial charge in [0.15, 0.2) is 0 Å². The van der Waals surface area contributed by atoms with Gasteiger partial charge in [-0.2, -0.15) is 0 Å². The Hall–Kier alpha value is -6.54. The van der Waals surface area contributed by atoms with Crippen LogP contribution in [0.15, 0.2) is 328 Å². The summed E-state index contributed by atoms with van der Waals surface area (Å²) in [6.07, 6.45) is 0. The highest BCUT2D eigenvalue weighted by Crippen LogP contribution is 2.56. The van der Waals surface area contributed by atoms with Crippen molar-refractivity contribution in [3.05, 3.63) is 328 Å². The third kappa shape index (κ3) is 13.0. The van der Waals surface area contributed by atoms with Gasteiger partial charge in [-0.25, -0.2) is 0 Å². The van der Waals surface area contributed by atoms with Crippen molar-refractivity contribution < 1.29 is 0 Å². The summed E-state index contributed by atoms with van der Waals surface area (Å²) in [5.41, 5.74) is 15.8. The molecule has 0 amide bonds. The van der Waals surface area contributed by atoms with Crippen LogP contribution in [0.4, 0.5) is 0 Å². The molecule has 12 rings (SSSR count). The number of hydrogen-bond acceptors (Lipinski definition) is 0. The molecule has 0 aliphatic rings. The molecule has 0 heterocycles. The standard InChI is InChI=1S/C94H120Si13/c1-95(2,89-65-53-83(54-66-89)77-41-29-23-30-42-77)104(19,96(3,4)90-67-55-84(56-68-90)78-43-31-24-32-44-78)101(13,14)107(22,102(15,16)105(20,97(5,6)91-69-57-85(58-70-91)79-45-33-25-34-46-79)98(7,8)92-71-59-86(60-72-92)80-47-35-26-36-48-80)103(17,18)106(21,99(9,10)93-73-61-87(62-74-93)81-49-37-27-38-50-81)100(11,12)94-75-63-88(64-76-94)82-51-39-28-40-52-82/h23-76H,1-22H3. The summed E-state index contributed by atoms with van der Waals surface area (Å²) in [5.74, 6) is 0. The molecular formula is C94H120Si13. The molecule has 0 saturated carbocycles. The van der Waals surface area contributed by atoms with Crippen molar-refractivity contribution in [1.82, 2.24) is 0 Å². The molecular weight excluding hydrogens is 1490 g/mol. The minimum absolute atomic E-state index is 1.31. The third-order valence-electron chi connectivity index (χ3n) is 31.3. The molecule has 0 aliphatic heterocycles. The molecule has 0 aromatic heterocycles. The first-order chi connectivity index (χ1) is 50.4. The SMILES string of the molecule is C[Si](C)(c1ccc(-c2ccccc2)cc1)[Si](C)([Si](C)(C)c1ccc(-c2ccccc2)cc1)[Si](C)(C)[Si](C)([Si](C)(C)[Si](C)([Si](C)(C)c1ccc(-c2ccccc2)cc1)[Si](C)(C)c1ccc(-c2ccccc2)cc1)[Si](C)(C)[Si](C)([Si](C)(C)c1ccc(-c2ccccc2)cc1)[Si](C)(C)c1ccc(-c2ccccc2)cc1. The predicted octanol–water partition coefficient (Wildman–Crippen LogP) is 23.1. The van der Waals surface area contributed by atoms with E-state index in [1.807, 2.05) is 0 Å². The zero-order chi connectivity index (χ0) is 77.1. The second-order valence-electron chi connectivity index (χ2n) is 36.8. The number of rotatable bonds is 24. The van der Waals surface area contributed by atoms with Gasteiger partial charge in [0, 0.05) is 47.8 Å². The summed E-state index contributed by atoms with van der Waals surface area (Å²) in [4.78, 5) is 0. The van der Waals surface area contributed by atoms with Crippen LogP contribution < -0.4 is 31.1 Å². The van der Waals surface area contributed by atoms with E-state index < -0.39 is 93.4 Å². The fourth-order valence-electron chi connectivity index (χ4n) is 22.9. The van der Waals surface area contributed by atoms with Gasteiger partial charge in [-0.15, -0.1) is 0 Å². The highest BCUT2D eigenvalue weighted by Gasteiger charge is 2.84. The highest BCUT2D eigenvalue weighted by molar-refractivity contribution is 8.25. The van der Waals surface area contributed by atoms with Crippen molar-refractivity contribution in [2.24, 2.45) is 0 Å². The predicted molar refractivity (Wildman–Crippen MR) is 513 cm³/mol. The van der Waals surface area contributed by atoms with Crippen LogP contribution in [0.3, 0.4) is 0 Å². The summed E-state index contributed by atoms with van der Waals surface area (Å²) in [6, 6.07) is 131. The molecule has 0 radical (unpaired) electrons. The Morgan fingerprint density at radius 1 is 0.112 bits per heavy atom. The smallest absolute Gasteiger partial charge is 0.0693 e. The molecule has 0 atom stereocenters. The van der Waals surface area contributed by atoms with Gasteiger partial charge in [0.25, 0.3) is 0 Å². The molecule has 0 aliphatic carbocycles. The van der Waals surface area contributed by atoms with Crippen LogP contribution in [0.1, 0.15) is 0 Å². The number of benzene rings is 12. The number of hydrogen-bond donors (Lipinski definition) is 0. The second-order valence-corrected chi connectivity index (χ2v) is 182. The molecule has 12 aromatic rings. The first kappa shape index (κ1) is 80.0. The normalized spacial score (nSPS) is 13.5. The fourth-order valence-corrected chi connectivity index (χ4v) is 577.